The molecule has 15 rings (SSSR count). The SMILES string of the molecule is N#Cc1ccccc1-c1ccc(-c2nc(-c3ccccc3)nc(-c3ccc(C(F)(F)F)c(-n4c5ccc(C(=O)OCc6ccccc6)cc5c5cc(C(=O)OCc6ccccc6)ccc54)c3)n2)cc1-n1c2ccc(C(=O)OCc3ccccc3)cc2c2cc(C(=O)OCc3ccccc3)ccc21. The first-order valence-corrected chi connectivity index (χ1v) is 32.5. The van der Waals surface area contributed by atoms with Crippen LogP contribution in [-0.2, 0) is 51.6 Å². The molecule has 0 atom stereocenters. The van der Waals surface area contributed by atoms with Gasteiger partial charge in [0.1, 0.15) is 26.4 Å². The highest BCUT2D eigenvalue weighted by molar-refractivity contribution is 6.15. The maximum Gasteiger partial charge on any atom is 0.418 e. The number of alkyl halides is 3. The maximum atomic E-state index is 15.9. The number of hydrogen-bond donors (Lipinski definition) is 0. The van der Waals surface area contributed by atoms with Gasteiger partial charge in [-0.25, -0.2) is 34.1 Å². The molecule has 3 aromatic heterocycles. The molecule has 15 aromatic rings. The fourth-order valence-electron chi connectivity index (χ4n) is 12.6. The Morgan fingerprint density at radius 2 is 0.667 bits per heavy atom. The van der Waals surface area contributed by atoms with Crippen molar-refractivity contribution in [2.45, 2.75) is 32.6 Å². The summed E-state index contributed by atoms with van der Waals surface area (Å²) in [6.07, 6.45) is -4.94. The molecule has 0 saturated heterocycles. The van der Waals surface area contributed by atoms with E-state index in [4.69, 9.17) is 33.9 Å². The van der Waals surface area contributed by atoms with Crippen LogP contribution >= 0.6 is 0 Å². The van der Waals surface area contributed by atoms with Crippen LogP contribution in [0.25, 0.3) is 100 Å². The molecule has 494 valence electrons. The number of nitrogens with zero attached hydrogens (tertiary/aromatic N) is 6. The molecule has 0 aliphatic carbocycles. The van der Waals surface area contributed by atoms with Crippen LogP contribution in [0, 0.1) is 11.3 Å². The van der Waals surface area contributed by atoms with E-state index in [0.29, 0.717) is 66.1 Å². The van der Waals surface area contributed by atoms with Crippen LogP contribution in [-0.4, -0.2) is 48.0 Å². The number of rotatable bonds is 18. The summed E-state index contributed by atoms with van der Waals surface area (Å²) in [5.41, 5.74) is 7.35. The zero-order valence-corrected chi connectivity index (χ0v) is 54.0. The van der Waals surface area contributed by atoms with Gasteiger partial charge >= 0.3 is 30.1 Å². The lowest BCUT2D eigenvalue weighted by Crippen LogP contribution is -2.11. The van der Waals surface area contributed by atoms with Crippen molar-refractivity contribution < 1.29 is 51.3 Å². The third kappa shape index (κ3) is 13.1. The first-order valence-electron chi connectivity index (χ1n) is 32.5. The van der Waals surface area contributed by atoms with Crippen LogP contribution in [0.2, 0.25) is 0 Å². The van der Waals surface area contributed by atoms with E-state index >= 15 is 13.2 Å². The van der Waals surface area contributed by atoms with Gasteiger partial charge in [-0.2, -0.15) is 18.4 Å². The molecule has 102 heavy (non-hydrogen) atoms. The van der Waals surface area contributed by atoms with Crippen LogP contribution in [0.1, 0.15) is 74.8 Å². The average molecular weight is 1350 g/mol. The van der Waals surface area contributed by atoms with Crippen molar-refractivity contribution in [2.24, 2.45) is 0 Å². The minimum absolute atomic E-state index is 0.00262. The van der Waals surface area contributed by atoms with Gasteiger partial charge in [0.25, 0.3) is 0 Å². The molecular weight excluding hydrogens is 1290 g/mol. The number of fused-ring (bicyclic) bond motifs is 6. The zero-order chi connectivity index (χ0) is 69.8. The van der Waals surface area contributed by atoms with Gasteiger partial charge in [0.15, 0.2) is 17.5 Å². The average Bonchev–Trinajstić information content (AvgIpc) is 1.57. The number of nitriles is 1. The van der Waals surface area contributed by atoms with Crippen molar-refractivity contribution >= 4 is 67.5 Å². The van der Waals surface area contributed by atoms with Gasteiger partial charge in [0.2, 0.25) is 0 Å². The smallest absolute Gasteiger partial charge is 0.418 e. The van der Waals surface area contributed by atoms with Crippen LogP contribution in [0.3, 0.4) is 0 Å². The third-order valence-corrected chi connectivity index (χ3v) is 17.6. The van der Waals surface area contributed by atoms with Crippen molar-refractivity contribution in [1.29, 1.82) is 5.26 Å². The summed E-state index contributed by atoms with van der Waals surface area (Å²) in [4.78, 5) is 71.0. The Labute approximate surface area is 581 Å². The van der Waals surface area contributed by atoms with Gasteiger partial charge in [-0.05, 0) is 119 Å². The summed E-state index contributed by atoms with van der Waals surface area (Å²) >= 11 is 0. The number of halogens is 3. The van der Waals surface area contributed by atoms with Gasteiger partial charge in [0, 0.05) is 49.4 Å². The molecule has 17 heteroatoms. The largest absolute Gasteiger partial charge is 0.457 e. The Hall–Kier alpha value is -13.6. The summed E-state index contributed by atoms with van der Waals surface area (Å²) < 4.78 is 74.4. The second kappa shape index (κ2) is 27.7. The minimum Gasteiger partial charge on any atom is -0.457 e. The van der Waals surface area contributed by atoms with Crippen LogP contribution in [0.4, 0.5) is 13.2 Å². The summed E-state index contributed by atoms with van der Waals surface area (Å²) in [6, 6.07) is 84.0. The number of esters is 4. The van der Waals surface area contributed by atoms with Gasteiger partial charge in [0.05, 0.1) is 72.9 Å². The summed E-state index contributed by atoms with van der Waals surface area (Å²) in [7, 11) is 0. The van der Waals surface area contributed by atoms with Gasteiger partial charge in [-0.1, -0.05) is 188 Å². The molecule has 3 heterocycles. The standard InChI is InChI=1S/C85H55F3N6O8/c86-85(87,88)71-37-31-59(47-77(71)94-74-40-34-62(83(97)101-51-55-22-10-3-11-23-55)44-69(74)70-45-63(35-41-75(70)94)84(98)102-52-56-24-12-4-13-25-56)80-91-78(57-26-14-5-15-27-57)90-79(92-80)58-30-36-66(65-29-17-16-28-64(65)48-89)76(46-58)93-72-38-32-60(81(95)99-49-53-18-6-1-7-19-53)42-67(72)68-43-61(33-39-73(68)93)82(96)100-50-54-20-8-2-9-21-54/h1-47H,49-52H2. The maximum absolute atomic E-state index is 15.9. The fraction of sp³-hybridized carbons (Fsp3) is 0.0588. The molecule has 0 saturated carbocycles. The van der Waals surface area contributed by atoms with Crippen molar-refractivity contribution in [3.05, 3.63) is 341 Å². The van der Waals surface area contributed by atoms with Crippen molar-refractivity contribution in [3.63, 3.8) is 0 Å². The van der Waals surface area contributed by atoms with Crippen LogP contribution < -0.4 is 0 Å². The minimum atomic E-state index is -4.94. The topological polar surface area (TPSA) is 178 Å². The summed E-state index contributed by atoms with van der Waals surface area (Å²) in [6.45, 7) is -0.0341. The molecule has 12 aromatic carbocycles. The van der Waals surface area contributed by atoms with Crippen molar-refractivity contribution in [2.75, 3.05) is 0 Å². The predicted octanol–water partition coefficient (Wildman–Crippen LogP) is 19.1. The van der Waals surface area contributed by atoms with Crippen LogP contribution in [0.15, 0.2) is 285 Å². The molecule has 0 radical (unpaired) electrons. The highest BCUT2D eigenvalue weighted by Crippen LogP contribution is 2.44. The summed E-state index contributed by atoms with van der Waals surface area (Å²) in [5.74, 6) is -2.23. The van der Waals surface area contributed by atoms with E-state index in [0.717, 1.165) is 28.3 Å². The highest BCUT2D eigenvalue weighted by atomic mass is 19.4. The second-order valence-corrected chi connectivity index (χ2v) is 24.1. The Kier molecular flexibility index (Phi) is 17.5. The van der Waals surface area contributed by atoms with Crippen molar-refractivity contribution in [1.82, 2.24) is 24.1 Å². The van der Waals surface area contributed by atoms with E-state index < -0.39 is 35.6 Å². The van der Waals surface area contributed by atoms with Crippen molar-refractivity contribution in [3.8, 4) is 62.7 Å². The number of hydrogen-bond acceptors (Lipinski definition) is 12. The first-order chi connectivity index (χ1) is 49.8. The van der Waals surface area contributed by atoms with Gasteiger partial charge < -0.3 is 28.1 Å². The molecular formula is C85H55F3N6O8. The zero-order valence-electron chi connectivity index (χ0n) is 54.0. The van der Waals surface area contributed by atoms with E-state index in [9.17, 15) is 24.4 Å². The Bertz CT molecular complexity index is 5580. The summed E-state index contributed by atoms with van der Waals surface area (Å²) in [5, 5.41) is 12.5. The lowest BCUT2D eigenvalue weighted by Gasteiger charge is -2.18. The quantitative estimate of drug-likeness (QED) is 0.0587. The number of ether oxygens (including phenoxy) is 4. The fourth-order valence-corrected chi connectivity index (χ4v) is 12.6. The molecule has 0 aliphatic rings. The molecule has 0 unspecified atom stereocenters. The second-order valence-electron chi connectivity index (χ2n) is 24.1. The monoisotopic (exact) mass is 1340 g/mol. The molecule has 0 spiro atoms. The Balaban J connectivity index is 0.895. The molecule has 14 nitrogen and oxygen atoms in total. The molecule has 0 aliphatic heterocycles. The van der Waals surface area contributed by atoms with E-state index in [-0.39, 0.29) is 88.4 Å². The molecule has 0 amide bonds. The number of carbonyl (C=O) groups excluding carboxylic acids is 4. The Morgan fingerprint density at radius 3 is 1.04 bits per heavy atom. The number of carbonyl (C=O) groups is 4. The van der Waals surface area contributed by atoms with Gasteiger partial charge in [-0.15, -0.1) is 0 Å². The highest BCUT2D eigenvalue weighted by Gasteiger charge is 2.36. The molecule has 0 bridgehead atoms. The number of aromatic nitrogens is 5. The van der Waals surface area contributed by atoms with E-state index in [2.05, 4.69) is 6.07 Å². The predicted molar refractivity (Wildman–Crippen MR) is 382 cm³/mol. The first kappa shape index (κ1) is 64.4. The van der Waals surface area contributed by atoms with E-state index in [1.165, 1.54) is 28.8 Å². The normalized spacial score (nSPS) is 11.4. The van der Waals surface area contributed by atoms with E-state index in [1.54, 1.807) is 91.0 Å². The third-order valence-electron chi connectivity index (χ3n) is 17.6. The number of benzene rings is 12. The van der Waals surface area contributed by atoms with Crippen LogP contribution in [0.5, 0.6) is 0 Å². The molecule has 0 fully saturated rings. The van der Waals surface area contributed by atoms with E-state index in [1.807, 2.05) is 168 Å². The van der Waals surface area contributed by atoms with Gasteiger partial charge in [-0.3, -0.25) is 0 Å². The molecule has 0 N–H and O–H groups in total. The lowest BCUT2D eigenvalue weighted by atomic mass is 9.96. The lowest BCUT2D eigenvalue weighted by molar-refractivity contribution is -0.137. The Morgan fingerprint density at radius 1 is 0.343 bits per heavy atom.